The number of anilines is 1. The van der Waals surface area contributed by atoms with E-state index in [9.17, 15) is 14.7 Å². The number of carbonyl (C=O) groups excluding carboxylic acids is 1. The first-order chi connectivity index (χ1) is 14.0. The SMILES string of the molecule is CN(C)c1ncc(C(=O)CNC(O)CCC(C)(C)C(=O)O)c(-c2ccccc2Cl)n1. The lowest BCUT2D eigenvalue weighted by Gasteiger charge is -2.21. The summed E-state index contributed by atoms with van der Waals surface area (Å²) in [4.78, 5) is 34.5. The Morgan fingerprint density at radius 2 is 1.93 bits per heavy atom. The maximum atomic E-state index is 12.8. The van der Waals surface area contributed by atoms with Crippen molar-refractivity contribution in [3.05, 3.63) is 41.0 Å². The number of hydrogen-bond acceptors (Lipinski definition) is 7. The molecule has 2 rings (SSSR count). The van der Waals surface area contributed by atoms with Gasteiger partial charge in [-0.15, -0.1) is 0 Å². The second-order valence-corrected chi connectivity index (χ2v) is 8.26. The fourth-order valence-corrected chi connectivity index (χ4v) is 2.89. The summed E-state index contributed by atoms with van der Waals surface area (Å²) in [7, 11) is 3.59. The number of carbonyl (C=O) groups is 2. The highest BCUT2D eigenvalue weighted by molar-refractivity contribution is 6.33. The number of nitrogens with zero attached hydrogens (tertiary/aromatic N) is 3. The van der Waals surface area contributed by atoms with Gasteiger partial charge in [0.1, 0.15) is 6.23 Å². The van der Waals surface area contributed by atoms with Crippen LogP contribution < -0.4 is 10.2 Å². The number of Topliss-reactive ketones (excluding diaryl/α,β-unsaturated/α-hetero) is 1. The molecule has 0 saturated heterocycles. The quantitative estimate of drug-likeness (QED) is 0.386. The van der Waals surface area contributed by atoms with Crippen molar-refractivity contribution in [1.29, 1.82) is 0 Å². The smallest absolute Gasteiger partial charge is 0.309 e. The molecule has 162 valence electrons. The van der Waals surface area contributed by atoms with Gasteiger partial charge in [0.25, 0.3) is 0 Å². The molecule has 0 bridgehead atoms. The maximum absolute atomic E-state index is 12.8. The molecule has 0 fully saturated rings. The number of benzene rings is 1. The molecular formula is C21H27ClN4O4. The first-order valence-corrected chi connectivity index (χ1v) is 9.88. The minimum atomic E-state index is -1.02. The van der Waals surface area contributed by atoms with Crippen LogP contribution in [0.25, 0.3) is 11.3 Å². The molecule has 8 nitrogen and oxygen atoms in total. The van der Waals surface area contributed by atoms with Gasteiger partial charge < -0.3 is 15.1 Å². The fraction of sp³-hybridized carbons (Fsp3) is 0.429. The van der Waals surface area contributed by atoms with Crippen LogP contribution in [0.5, 0.6) is 0 Å². The Morgan fingerprint density at radius 1 is 1.27 bits per heavy atom. The number of carboxylic acid groups (broad SMARTS) is 1. The zero-order valence-electron chi connectivity index (χ0n) is 17.5. The third kappa shape index (κ3) is 5.98. The van der Waals surface area contributed by atoms with E-state index in [4.69, 9.17) is 16.7 Å². The molecule has 0 aliphatic carbocycles. The van der Waals surface area contributed by atoms with Crippen LogP contribution in [0.1, 0.15) is 37.0 Å². The molecule has 2 aromatic rings. The van der Waals surface area contributed by atoms with E-state index >= 15 is 0 Å². The summed E-state index contributed by atoms with van der Waals surface area (Å²) in [5.74, 6) is -0.814. The molecule has 30 heavy (non-hydrogen) atoms. The highest BCUT2D eigenvalue weighted by atomic mass is 35.5. The van der Waals surface area contributed by atoms with Crippen molar-refractivity contribution >= 4 is 29.3 Å². The van der Waals surface area contributed by atoms with Gasteiger partial charge in [-0.05, 0) is 32.8 Å². The summed E-state index contributed by atoms with van der Waals surface area (Å²) in [6.45, 7) is 3.02. The number of ketones is 1. The molecule has 3 N–H and O–H groups in total. The van der Waals surface area contributed by atoms with Crippen LogP contribution in [-0.2, 0) is 4.79 Å². The molecule has 0 spiro atoms. The fourth-order valence-electron chi connectivity index (χ4n) is 2.66. The normalized spacial score (nSPS) is 12.5. The molecular weight excluding hydrogens is 408 g/mol. The molecule has 0 aliphatic rings. The number of carboxylic acids is 1. The second kappa shape index (κ2) is 9.97. The summed E-state index contributed by atoms with van der Waals surface area (Å²) < 4.78 is 0. The Morgan fingerprint density at radius 3 is 2.53 bits per heavy atom. The van der Waals surface area contributed by atoms with E-state index < -0.39 is 17.6 Å². The Labute approximate surface area is 180 Å². The Balaban J connectivity index is 2.17. The van der Waals surface area contributed by atoms with Gasteiger partial charge in [-0.25, -0.2) is 9.97 Å². The number of hydrogen-bond donors (Lipinski definition) is 3. The number of aliphatic hydroxyl groups excluding tert-OH is 1. The van der Waals surface area contributed by atoms with Crippen LogP contribution in [0.3, 0.4) is 0 Å². The second-order valence-electron chi connectivity index (χ2n) is 7.85. The van der Waals surface area contributed by atoms with Crippen LogP contribution in [-0.4, -0.2) is 58.8 Å². The molecule has 1 unspecified atom stereocenters. The van der Waals surface area contributed by atoms with E-state index in [0.717, 1.165) is 0 Å². The highest BCUT2D eigenvalue weighted by Gasteiger charge is 2.27. The zero-order valence-corrected chi connectivity index (χ0v) is 18.3. The van der Waals surface area contributed by atoms with Gasteiger partial charge in [-0.2, -0.15) is 0 Å². The topological polar surface area (TPSA) is 116 Å². The summed E-state index contributed by atoms with van der Waals surface area (Å²) >= 11 is 6.32. The summed E-state index contributed by atoms with van der Waals surface area (Å²) in [5.41, 5.74) is 0.336. The largest absolute Gasteiger partial charge is 0.481 e. The molecule has 0 radical (unpaired) electrons. The number of aliphatic carboxylic acids is 1. The molecule has 0 saturated carbocycles. The molecule has 9 heteroatoms. The lowest BCUT2D eigenvalue weighted by atomic mass is 9.88. The maximum Gasteiger partial charge on any atom is 0.309 e. The van der Waals surface area contributed by atoms with Crippen LogP contribution >= 0.6 is 11.6 Å². The van der Waals surface area contributed by atoms with E-state index in [1.165, 1.54) is 6.20 Å². The number of aliphatic hydroxyl groups is 1. The molecule has 0 amide bonds. The van der Waals surface area contributed by atoms with E-state index in [0.29, 0.717) is 22.2 Å². The van der Waals surface area contributed by atoms with Crippen molar-refractivity contribution < 1.29 is 19.8 Å². The van der Waals surface area contributed by atoms with Gasteiger partial charge in [0.2, 0.25) is 5.95 Å². The standard InChI is InChI=1S/C21H27ClN4O4/c1-21(2,19(29)30)10-9-17(28)23-12-16(27)14-11-24-20(26(3)4)25-18(14)13-7-5-6-8-15(13)22/h5-8,11,17,23,28H,9-10,12H2,1-4H3,(H,29,30). The molecule has 1 atom stereocenters. The lowest BCUT2D eigenvalue weighted by Crippen LogP contribution is -2.35. The number of nitrogens with one attached hydrogen (secondary N) is 1. The minimum Gasteiger partial charge on any atom is -0.481 e. The predicted molar refractivity (Wildman–Crippen MR) is 116 cm³/mol. The number of rotatable bonds is 10. The first kappa shape index (κ1) is 23.7. The van der Waals surface area contributed by atoms with Crippen LogP contribution in [0, 0.1) is 5.41 Å². The van der Waals surface area contributed by atoms with Crippen molar-refractivity contribution in [3.8, 4) is 11.3 Å². The molecule has 0 aliphatic heterocycles. The minimum absolute atomic E-state index is 0.156. The Hall–Kier alpha value is -2.55. The van der Waals surface area contributed by atoms with Crippen molar-refractivity contribution in [3.63, 3.8) is 0 Å². The lowest BCUT2D eigenvalue weighted by molar-refractivity contribution is -0.147. The van der Waals surface area contributed by atoms with E-state index in [1.54, 1.807) is 57.1 Å². The number of aromatic nitrogens is 2. The summed E-state index contributed by atoms with van der Waals surface area (Å²) in [6, 6.07) is 7.09. The van der Waals surface area contributed by atoms with Gasteiger partial charge in [-0.1, -0.05) is 29.8 Å². The monoisotopic (exact) mass is 434 g/mol. The third-order valence-corrected chi connectivity index (χ3v) is 5.05. The molecule has 1 aromatic carbocycles. The van der Waals surface area contributed by atoms with Crippen molar-refractivity contribution in [2.45, 2.75) is 32.9 Å². The van der Waals surface area contributed by atoms with E-state index in [1.807, 2.05) is 0 Å². The van der Waals surface area contributed by atoms with Gasteiger partial charge in [0, 0.05) is 30.9 Å². The zero-order chi connectivity index (χ0) is 22.5. The summed E-state index contributed by atoms with van der Waals surface area (Å²) in [5, 5.41) is 22.5. The van der Waals surface area contributed by atoms with Crippen LogP contribution in [0.15, 0.2) is 30.5 Å². The highest BCUT2D eigenvalue weighted by Crippen LogP contribution is 2.30. The Kier molecular flexibility index (Phi) is 7.89. The van der Waals surface area contributed by atoms with Crippen LogP contribution in [0.2, 0.25) is 5.02 Å². The van der Waals surface area contributed by atoms with Gasteiger partial charge >= 0.3 is 5.97 Å². The van der Waals surface area contributed by atoms with Crippen molar-refractivity contribution in [1.82, 2.24) is 15.3 Å². The van der Waals surface area contributed by atoms with Crippen molar-refractivity contribution in [2.24, 2.45) is 5.41 Å². The van der Waals surface area contributed by atoms with Gasteiger partial charge in [-0.3, -0.25) is 14.9 Å². The molecule has 1 aromatic heterocycles. The third-order valence-electron chi connectivity index (χ3n) is 4.73. The van der Waals surface area contributed by atoms with E-state index in [-0.39, 0.29) is 30.7 Å². The van der Waals surface area contributed by atoms with Gasteiger partial charge in [0.15, 0.2) is 5.78 Å². The Bertz CT molecular complexity index is 918. The predicted octanol–water partition coefficient (Wildman–Crippen LogP) is 2.84. The molecule has 1 heterocycles. The average Bonchev–Trinajstić information content (AvgIpc) is 2.70. The van der Waals surface area contributed by atoms with Crippen molar-refractivity contribution in [2.75, 3.05) is 25.5 Å². The van der Waals surface area contributed by atoms with Crippen LogP contribution in [0.4, 0.5) is 5.95 Å². The first-order valence-electron chi connectivity index (χ1n) is 9.50. The van der Waals surface area contributed by atoms with Gasteiger partial charge in [0.05, 0.1) is 23.2 Å². The summed E-state index contributed by atoms with van der Waals surface area (Å²) in [6.07, 6.45) is 0.888. The number of halogens is 1. The average molecular weight is 435 g/mol. The van der Waals surface area contributed by atoms with E-state index in [2.05, 4.69) is 15.3 Å².